The van der Waals surface area contributed by atoms with Gasteiger partial charge in [0.15, 0.2) is 0 Å². The van der Waals surface area contributed by atoms with E-state index in [2.05, 4.69) is 21.2 Å². The zero-order valence-corrected chi connectivity index (χ0v) is 17.8. The molecule has 0 aromatic heterocycles. The molecule has 3 rings (SSSR count). The van der Waals surface area contributed by atoms with E-state index in [1.54, 1.807) is 49.4 Å². The molecule has 0 spiro atoms. The van der Waals surface area contributed by atoms with Gasteiger partial charge in [0.2, 0.25) is 6.10 Å². The highest BCUT2D eigenvalue weighted by molar-refractivity contribution is 9.10. The molecule has 0 aliphatic heterocycles. The first kappa shape index (κ1) is 22.0. The van der Waals surface area contributed by atoms with Crippen LogP contribution in [0.1, 0.15) is 27.6 Å². The number of halogens is 1. The van der Waals surface area contributed by atoms with E-state index in [1.807, 2.05) is 0 Å². The Balaban J connectivity index is 1.89. The highest BCUT2D eigenvalue weighted by atomic mass is 79.9. The number of non-ortho nitro benzene ring substituents is 1. The van der Waals surface area contributed by atoms with E-state index in [4.69, 9.17) is 4.74 Å². The summed E-state index contributed by atoms with van der Waals surface area (Å²) in [4.78, 5) is 36.0. The van der Waals surface area contributed by atoms with Crippen LogP contribution < -0.4 is 5.32 Å². The Bertz CT molecular complexity index is 1150. The average Bonchev–Trinajstić information content (AvgIpc) is 2.75. The number of phenols is 1. The van der Waals surface area contributed by atoms with Crippen LogP contribution in [0.3, 0.4) is 0 Å². The second-order valence-corrected chi connectivity index (χ2v) is 7.43. The number of nitro groups is 1. The molecule has 0 bridgehead atoms. The van der Waals surface area contributed by atoms with Crippen molar-refractivity contribution in [2.24, 2.45) is 0 Å². The maximum Gasteiger partial charge on any atom is 0.343 e. The topological polar surface area (TPSA) is 119 Å². The minimum absolute atomic E-state index is 0.0646. The summed E-state index contributed by atoms with van der Waals surface area (Å²) < 4.78 is 5.76. The van der Waals surface area contributed by atoms with Gasteiger partial charge in [-0.1, -0.05) is 42.5 Å². The molecule has 9 heteroatoms. The zero-order chi connectivity index (χ0) is 22.5. The first-order valence-corrected chi connectivity index (χ1v) is 9.86. The highest BCUT2D eigenvalue weighted by Crippen LogP contribution is 2.30. The molecule has 0 heterocycles. The number of ether oxygens (including phenoxy) is 1. The summed E-state index contributed by atoms with van der Waals surface area (Å²) in [7, 11) is 0. The van der Waals surface area contributed by atoms with Gasteiger partial charge >= 0.3 is 5.97 Å². The molecule has 3 aromatic carbocycles. The van der Waals surface area contributed by atoms with Gasteiger partial charge in [0, 0.05) is 22.2 Å². The van der Waals surface area contributed by atoms with Crippen molar-refractivity contribution in [2.45, 2.75) is 13.0 Å². The maximum atomic E-state index is 13.0. The molecule has 2 N–H and O–H groups in total. The monoisotopic (exact) mass is 484 g/mol. The molecule has 0 saturated heterocycles. The molecule has 1 unspecified atom stereocenters. The molecule has 0 radical (unpaired) electrons. The fourth-order valence-electron chi connectivity index (χ4n) is 2.81. The van der Waals surface area contributed by atoms with Crippen LogP contribution in [0, 0.1) is 17.0 Å². The number of nitrogens with one attached hydrogen (secondary N) is 1. The lowest BCUT2D eigenvalue weighted by Crippen LogP contribution is -2.26. The van der Waals surface area contributed by atoms with Crippen molar-refractivity contribution in [1.82, 2.24) is 0 Å². The van der Waals surface area contributed by atoms with Gasteiger partial charge in [-0.3, -0.25) is 14.9 Å². The van der Waals surface area contributed by atoms with Gasteiger partial charge in [-0.05, 0) is 40.5 Å². The number of amides is 1. The molecule has 0 aliphatic carbocycles. The lowest BCUT2D eigenvalue weighted by molar-refractivity contribution is -0.384. The van der Waals surface area contributed by atoms with Crippen LogP contribution in [-0.2, 0) is 9.53 Å². The van der Waals surface area contributed by atoms with E-state index in [1.165, 1.54) is 24.3 Å². The Morgan fingerprint density at radius 1 is 1.10 bits per heavy atom. The molecular weight excluding hydrogens is 468 g/mol. The van der Waals surface area contributed by atoms with Crippen molar-refractivity contribution >= 4 is 39.2 Å². The molecular formula is C22H17BrN2O6. The van der Waals surface area contributed by atoms with Crippen LogP contribution in [0.4, 0.5) is 11.4 Å². The number of carbonyl (C=O) groups is 2. The number of carbonyl (C=O) groups excluding carboxylic acids is 2. The minimum atomic E-state index is -1.32. The standard InChI is InChI=1S/C22H17BrN2O6/c1-13-6-5-9-16(19(13)26)22(28)31-20(14-7-3-2-4-8-14)21(27)24-18-11-10-15(25(29)30)12-17(18)23/h2-12,20,26H,1H3,(H,24,27). The fourth-order valence-corrected chi connectivity index (χ4v) is 3.28. The number of rotatable bonds is 6. The number of phenolic OH excluding ortho intramolecular Hbond substituents is 1. The highest BCUT2D eigenvalue weighted by Gasteiger charge is 2.27. The first-order valence-electron chi connectivity index (χ1n) is 9.07. The van der Waals surface area contributed by atoms with Gasteiger partial charge in [-0.25, -0.2) is 4.79 Å². The molecule has 0 aliphatic rings. The second-order valence-electron chi connectivity index (χ2n) is 6.58. The molecule has 1 atom stereocenters. The number of esters is 1. The number of anilines is 1. The van der Waals surface area contributed by atoms with Crippen LogP contribution in [0.25, 0.3) is 0 Å². The lowest BCUT2D eigenvalue weighted by atomic mass is 10.1. The Morgan fingerprint density at radius 2 is 1.81 bits per heavy atom. The van der Waals surface area contributed by atoms with E-state index < -0.39 is 22.9 Å². The summed E-state index contributed by atoms with van der Waals surface area (Å²) in [5.41, 5.74) is 0.963. The van der Waals surface area contributed by atoms with Crippen LogP contribution in [-0.4, -0.2) is 21.9 Å². The normalized spacial score (nSPS) is 11.4. The molecule has 0 fully saturated rings. The van der Waals surface area contributed by atoms with E-state index in [0.29, 0.717) is 15.6 Å². The molecule has 0 saturated carbocycles. The zero-order valence-electron chi connectivity index (χ0n) is 16.2. The largest absolute Gasteiger partial charge is 0.507 e. The number of nitrogens with zero attached hydrogens (tertiary/aromatic N) is 1. The third-order valence-corrected chi connectivity index (χ3v) is 5.10. The number of nitro benzene ring substituents is 1. The summed E-state index contributed by atoms with van der Waals surface area (Å²) in [5, 5.41) is 23.7. The summed E-state index contributed by atoms with van der Waals surface area (Å²) in [5.74, 6) is -1.76. The molecule has 158 valence electrons. The van der Waals surface area contributed by atoms with Crippen molar-refractivity contribution in [3.05, 3.63) is 98.0 Å². The van der Waals surface area contributed by atoms with Gasteiger partial charge in [-0.2, -0.15) is 0 Å². The Morgan fingerprint density at radius 3 is 2.45 bits per heavy atom. The van der Waals surface area contributed by atoms with Crippen LogP contribution >= 0.6 is 15.9 Å². The van der Waals surface area contributed by atoms with Crippen molar-refractivity contribution in [3.63, 3.8) is 0 Å². The number of benzene rings is 3. The second kappa shape index (κ2) is 9.40. The number of hydrogen-bond donors (Lipinski definition) is 2. The molecule has 31 heavy (non-hydrogen) atoms. The van der Waals surface area contributed by atoms with Crippen molar-refractivity contribution < 1.29 is 24.4 Å². The first-order chi connectivity index (χ1) is 14.8. The Hall–Kier alpha value is -3.72. The van der Waals surface area contributed by atoms with E-state index in [-0.39, 0.29) is 22.7 Å². The minimum Gasteiger partial charge on any atom is -0.507 e. The van der Waals surface area contributed by atoms with Crippen molar-refractivity contribution in [2.75, 3.05) is 5.32 Å². The Labute approximate surface area is 185 Å². The van der Waals surface area contributed by atoms with Crippen LogP contribution in [0.5, 0.6) is 5.75 Å². The number of aryl methyl sites for hydroxylation is 1. The predicted octanol–water partition coefficient (Wildman–Crippen LogP) is 4.91. The summed E-state index contributed by atoms with van der Waals surface area (Å²) >= 11 is 3.19. The molecule has 8 nitrogen and oxygen atoms in total. The lowest BCUT2D eigenvalue weighted by Gasteiger charge is -2.19. The smallest absolute Gasteiger partial charge is 0.343 e. The van der Waals surface area contributed by atoms with Crippen LogP contribution in [0.2, 0.25) is 0 Å². The van der Waals surface area contributed by atoms with E-state index in [9.17, 15) is 24.8 Å². The van der Waals surface area contributed by atoms with Gasteiger partial charge < -0.3 is 15.2 Å². The summed E-state index contributed by atoms with van der Waals surface area (Å²) in [6.45, 7) is 1.64. The third kappa shape index (κ3) is 5.07. The third-order valence-electron chi connectivity index (χ3n) is 4.44. The predicted molar refractivity (Wildman–Crippen MR) is 117 cm³/mol. The van der Waals surface area contributed by atoms with Gasteiger partial charge in [0.25, 0.3) is 11.6 Å². The number of aromatic hydroxyl groups is 1. The van der Waals surface area contributed by atoms with Gasteiger partial charge in [0.1, 0.15) is 11.3 Å². The fraction of sp³-hybridized carbons (Fsp3) is 0.0909. The number of hydrogen-bond acceptors (Lipinski definition) is 6. The number of para-hydroxylation sites is 1. The van der Waals surface area contributed by atoms with Gasteiger partial charge in [-0.15, -0.1) is 0 Å². The molecule has 1 amide bonds. The van der Waals surface area contributed by atoms with Crippen LogP contribution in [0.15, 0.2) is 71.2 Å². The summed E-state index contributed by atoms with van der Waals surface area (Å²) in [6, 6.07) is 16.9. The van der Waals surface area contributed by atoms with E-state index in [0.717, 1.165) is 0 Å². The summed E-state index contributed by atoms with van der Waals surface area (Å²) in [6.07, 6.45) is -1.32. The quantitative estimate of drug-likeness (QED) is 0.291. The molecule has 3 aromatic rings. The van der Waals surface area contributed by atoms with E-state index >= 15 is 0 Å². The average molecular weight is 485 g/mol. The SMILES string of the molecule is Cc1cccc(C(=O)OC(C(=O)Nc2ccc([N+](=O)[O-])cc2Br)c2ccccc2)c1O. The van der Waals surface area contributed by atoms with Crippen molar-refractivity contribution in [1.29, 1.82) is 0 Å². The Kier molecular flexibility index (Phi) is 6.66. The van der Waals surface area contributed by atoms with Gasteiger partial charge in [0.05, 0.1) is 10.6 Å². The van der Waals surface area contributed by atoms with Crippen molar-refractivity contribution in [3.8, 4) is 5.75 Å². The maximum absolute atomic E-state index is 13.0.